The minimum atomic E-state index is -0.113. The Kier molecular flexibility index (Phi) is 6.99. The number of pyridine rings is 1. The first-order valence-electron chi connectivity index (χ1n) is 10.7. The van der Waals surface area contributed by atoms with Crippen LogP contribution in [0.3, 0.4) is 0 Å². The fourth-order valence-corrected chi connectivity index (χ4v) is 4.25. The van der Waals surface area contributed by atoms with Gasteiger partial charge in [0.05, 0.1) is 18.4 Å². The van der Waals surface area contributed by atoms with Gasteiger partial charge in [-0.1, -0.05) is 29.8 Å². The lowest BCUT2D eigenvalue weighted by Crippen LogP contribution is -2.43. The molecule has 4 rings (SSSR count). The van der Waals surface area contributed by atoms with E-state index >= 15 is 0 Å². The number of carbonyl (C=O) groups excluding carboxylic acids is 1. The number of hydrogen-bond acceptors (Lipinski definition) is 5. The average molecular weight is 439 g/mol. The SMILES string of the molecule is CN(CC(=O)N1CCCC[C@H]1c1ncc(Cc2cccc(Cl)c2)o1)Cc1ccccn1. The number of benzene rings is 1. The molecule has 2 aromatic heterocycles. The molecule has 6 nitrogen and oxygen atoms in total. The first-order chi connectivity index (χ1) is 15.1. The van der Waals surface area contributed by atoms with Gasteiger partial charge in [-0.2, -0.15) is 0 Å². The summed E-state index contributed by atoms with van der Waals surface area (Å²) in [6.45, 7) is 1.70. The zero-order valence-electron chi connectivity index (χ0n) is 17.7. The molecule has 1 aliphatic heterocycles. The molecule has 0 unspecified atom stereocenters. The van der Waals surface area contributed by atoms with Gasteiger partial charge in [0.2, 0.25) is 11.8 Å². The predicted molar refractivity (Wildman–Crippen MR) is 120 cm³/mol. The van der Waals surface area contributed by atoms with Crippen LogP contribution in [0, 0.1) is 0 Å². The molecule has 162 valence electrons. The number of hydrogen-bond donors (Lipinski definition) is 0. The monoisotopic (exact) mass is 438 g/mol. The molecular weight excluding hydrogens is 412 g/mol. The van der Waals surface area contributed by atoms with Crippen LogP contribution in [-0.2, 0) is 17.8 Å². The Morgan fingerprint density at radius 1 is 1.23 bits per heavy atom. The number of oxazole rings is 1. The largest absolute Gasteiger partial charge is 0.443 e. The van der Waals surface area contributed by atoms with E-state index in [-0.39, 0.29) is 11.9 Å². The van der Waals surface area contributed by atoms with E-state index in [2.05, 4.69) is 9.97 Å². The zero-order valence-corrected chi connectivity index (χ0v) is 18.5. The second kappa shape index (κ2) is 10.1. The van der Waals surface area contributed by atoms with Crippen LogP contribution in [0.4, 0.5) is 0 Å². The van der Waals surface area contributed by atoms with Crippen LogP contribution in [0.25, 0.3) is 0 Å². The van der Waals surface area contributed by atoms with E-state index in [0.717, 1.165) is 42.8 Å². The number of likely N-dealkylation sites (tertiary alicyclic amines) is 1. The van der Waals surface area contributed by atoms with Crippen LogP contribution in [-0.4, -0.2) is 45.8 Å². The first kappa shape index (κ1) is 21.5. The highest BCUT2D eigenvalue weighted by atomic mass is 35.5. The summed E-state index contributed by atoms with van der Waals surface area (Å²) >= 11 is 6.09. The van der Waals surface area contributed by atoms with E-state index < -0.39 is 0 Å². The third kappa shape index (κ3) is 5.71. The Hall–Kier alpha value is -2.70. The third-order valence-corrected chi connectivity index (χ3v) is 5.75. The molecule has 1 atom stereocenters. The molecule has 0 saturated carbocycles. The van der Waals surface area contributed by atoms with Crippen LogP contribution < -0.4 is 0 Å². The summed E-state index contributed by atoms with van der Waals surface area (Å²) in [5.41, 5.74) is 2.02. The maximum absolute atomic E-state index is 13.1. The van der Waals surface area contributed by atoms with Crippen LogP contribution in [0.1, 0.15) is 48.2 Å². The molecular formula is C24H27ClN4O2. The fourth-order valence-electron chi connectivity index (χ4n) is 4.04. The van der Waals surface area contributed by atoms with Crippen molar-refractivity contribution in [1.29, 1.82) is 0 Å². The molecule has 1 fully saturated rings. The summed E-state index contributed by atoms with van der Waals surface area (Å²) in [6, 6.07) is 13.4. The van der Waals surface area contributed by atoms with Crippen LogP contribution in [0.5, 0.6) is 0 Å². The Balaban J connectivity index is 1.41. The second-order valence-corrected chi connectivity index (χ2v) is 8.50. The summed E-state index contributed by atoms with van der Waals surface area (Å²) in [5, 5.41) is 0.705. The number of rotatable bonds is 7. The number of nitrogens with zero attached hydrogens (tertiary/aromatic N) is 4. The van der Waals surface area contributed by atoms with E-state index in [9.17, 15) is 4.79 Å². The van der Waals surface area contributed by atoms with Gasteiger partial charge in [-0.25, -0.2) is 4.98 Å². The second-order valence-electron chi connectivity index (χ2n) is 8.06. The summed E-state index contributed by atoms with van der Waals surface area (Å²) in [4.78, 5) is 25.9. The molecule has 7 heteroatoms. The zero-order chi connectivity index (χ0) is 21.6. The van der Waals surface area contributed by atoms with Gasteiger partial charge in [0.25, 0.3) is 0 Å². The van der Waals surface area contributed by atoms with Crippen molar-refractivity contribution in [3.05, 3.63) is 82.8 Å². The van der Waals surface area contributed by atoms with Crippen molar-refractivity contribution in [2.75, 3.05) is 20.1 Å². The molecule has 0 aliphatic carbocycles. The number of piperidine rings is 1. The highest BCUT2D eigenvalue weighted by Gasteiger charge is 2.31. The number of amides is 1. The molecule has 0 spiro atoms. The van der Waals surface area contributed by atoms with Gasteiger partial charge in [-0.05, 0) is 56.1 Å². The van der Waals surface area contributed by atoms with Gasteiger partial charge in [0.15, 0.2) is 0 Å². The lowest BCUT2D eigenvalue weighted by atomic mass is 10.0. The normalized spacial score (nSPS) is 16.6. The Morgan fingerprint density at radius 2 is 2.13 bits per heavy atom. The summed E-state index contributed by atoms with van der Waals surface area (Å²) in [5.74, 6) is 1.50. The van der Waals surface area contributed by atoms with Gasteiger partial charge in [0, 0.05) is 30.7 Å². The highest BCUT2D eigenvalue weighted by Crippen LogP contribution is 2.31. The van der Waals surface area contributed by atoms with E-state index in [4.69, 9.17) is 16.0 Å². The lowest BCUT2D eigenvalue weighted by molar-refractivity contribution is -0.136. The van der Waals surface area contributed by atoms with Crippen LogP contribution in [0.15, 0.2) is 59.3 Å². The van der Waals surface area contributed by atoms with Crippen LogP contribution >= 0.6 is 11.6 Å². The van der Waals surface area contributed by atoms with Gasteiger partial charge in [0.1, 0.15) is 11.8 Å². The number of aromatic nitrogens is 2. The van der Waals surface area contributed by atoms with Crippen molar-refractivity contribution < 1.29 is 9.21 Å². The molecule has 1 amide bonds. The summed E-state index contributed by atoms with van der Waals surface area (Å²) < 4.78 is 6.08. The van der Waals surface area contributed by atoms with Gasteiger partial charge in [-0.15, -0.1) is 0 Å². The van der Waals surface area contributed by atoms with Gasteiger partial charge in [-0.3, -0.25) is 14.7 Å². The Morgan fingerprint density at radius 3 is 2.94 bits per heavy atom. The van der Waals surface area contributed by atoms with Crippen molar-refractivity contribution in [3.8, 4) is 0 Å². The Labute approximate surface area is 187 Å². The fraction of sp³-hybridized carbons (Fsp3) is 0.375. The standard InChI is InChI=1S/C24H27ClN4O2/c1-28(16-20-9-2-4-11-26-20)17-23(30)29-12-5-3-10-22(29)24-27-15-21(31-24)14-18-7-6-8-19(25)13-18/h2,4,6-9,11,13,15,22H,3,5,10,12,14,16-17H2,1H3/t22-/m0/s1. The molecule has 1 aliphatic rings. The molecule has 0 bridgehead atoms. The molecule has 1 saturated heterocycles. The van der Waals surface area contributed by atoms with Crippen molar-refractivity contribution in [1.82, 2.24) is 19.8 Å². The van der Waals surface area contributed by atoms with E-state index in [1.807, 2.05) is 59.3 Å². The van der Waals surface area contributed by atoms with Crippen molar-refractivity contribution in [2.45, 2.75) is 38.3 Å². The lowest BCUT2D eigenvalue weighted by Gasteiger charge is -2.34. The smallest absolute Gasteiger partial charge is 0.237 e. The minimum Gasteiger partial charge on any atom is -0.443 e. The molecule has 1 aromatic carbocycles. The quantitative estimate of drug-likeness (QED) is 0.543. The summed E-state index contributed by atoms with van der Waals surface area (Å²) in [7, 11) is 1.94. The van der Waals surface area contributed by atoms with Crippen molar-refractivity contribution in [2.24, 2.45) is 0 Å². The number of halogens is 1. The number of likely N-dealkylation sites (N-methyl/N-ethyl adjacent to an activating group) is 1. The minimum absolute atomic E-state index is 0.0951. The molecule has 3 heterocycles. The average Bonchev–Trinajstić information content (AvgIpc) is 3.22. The predicted octanol–water partition coefficient (Wildman–Crippen LogP) is 4.50. The molecule has 3 aromatic rings. The third-order valence-electron chi connectivity index (χ3n) is 5.51. The first-order valence-corrected chi connectivity index (χ1v) is 11.0. The summed E-state index contributed by atoms with van der Waals surface area (Å²) in [6.07, 6.45) is 7.09. The maximum atomic E-state index is 13.1. The van der Waals surface area contributed by atoms with E-state index in [1.165, 1.54) is 0 Å². The van der Waals surface area contributed by atoms with E-state index in [0.29, 0.717) is 30.4 Å². The van der Waals surface area contributed by atoms with E-state index in [1.54, 1.807) is 12.4 Å². The van der Waals surface area contributed by atoms with Crippen molar-refractivity contribution in [3.63, 3.8) is 0 Å². The molecule has 0 radical (unpaired) electrons. The van der Waals surface area contributed by atoms with Gasteiger partial charge < -0.3 is 9.32 Å². The molecule has 31 heavy (non-hydrogen) atoms. The van der Waals surface area contributed by atoms with Crippen LogP contribution in [0.2, 0.25) is 5.02 Å². The number of carbonyl (C=O) groups is 1. The Bertz CT molecular complexity index is 1010. The maximum Gasteiger partial charge on any atom is 0.237 e. The molecule has 0 N–H and O–H groups in total. The highest BCUT2D eigenvalue weighted by molar-refractivity contribution is 6.30. The van der Waals surface area contributed by atoms with Crippen molar-refractivity contribution >= 4 is 17.5 Å². The topological polar surface area (TPSA) is 62.5 Å². The van der Waals surface area contributed by atoms with Gasteiger partial charge >= 0.3 is 0 Å².